The van der Waals surface area contributed by atoms with Crippen LogP contribution in [0, 0.1) is 5.92 Å². The van der Waals surface area contributed by atoms with Crippen molar-refractivity contribution < 1.29 is 14.3 Å². The van der Waals surface area contributed by atoms with Crippen LogP contribution in [-0.2, 0) is 9.53 Å². The first kappa shape index (κ1) is 14.0. The normalized spacial score (nSPS) is 17.4. The average Bonchev–Trinajstić information content (AvgIpc) is 2.96. The Hall–Kier alpha value is -1.06. The maximum Gasteiger partial charge on any atom is 0.408 e. The molecule has 4 nitrogen and oxygen atoms in total. The van der Waals surface area contributed by atoms with Crippen LogP contribution in [0.3, 0.4) is 0 Å². The summed E-state index contributed by atoms with van der Waals surface area (Å²) in [5.74, 6) is 0.688. The van der Waals surface area contributed by atoms with Gasteiger partial charge in [-0.15, -0.1) is 0 Å². The molecule has 0 aliphatic heterocycles. The van der Waals surface area contributed by atoms with E-state index in [0.29, 0.717) is 12.3 Å². The molecule has 1 amide bonds. The van der Waals surface area contributed by atoms with Crippen LogP contribution in [0.2, 0.25) is 0 Å². The second-order valence-corrected chi connectivity index (χ2v) is 5.70. The summed E-state index contributed by atoms with van der Waals surface area (Å²) in [7, 11) is 0. The molecule has 1 aliphatic carbocycles. The lowest BCUT2D eigenvalue weighted by Crippen LogP contribution is -2.43. The number of ether oxygens (including phenoxy) is 1. The van der Waals surface area contributed by atoms with Crippen LogP contribution in [0.15, 0.2) is 0 Å². The number of carbonyl (C=O) groups excluding carboxylic acids is 2. The fraction of sp³-hybridized carbons (Fsp3) is 0.846. The van der Waals surface area contributed by atoms with Crippen molar-refractivity contribution in [1.29, 1.82) is 0 Å². The van der Waals surface area contributed by atoms with Crippen molar-refractivity contribution in [1.82, 2.24) is 5.32 Å². The molecule has 1 unspecified atom stereocenters. The minimum Gasteiger partial charge on any atom is -0.444 e. The van der Waals surface area contributed by atoms with Crippen molar-refractivity contribution in [3.05, 3.63) is 0 Å². The molecule has 0 heterocycles. The largest absolute Gasteiger partial charge is 0.444 e. The van der Waals surface area contributed by atoms with Gasteiger partial charge in [0, 0.05) is 6.42 Å². The number of ketones is 1. The summed E-state index contributed by atoms with van der Waals surface area (Å²) in [6.45, 7) is 7.25. The summed E-state index contributed by atoms with van der Waals surface area (Å²) < 4.78 is 5.16. The lowest BCUT2D eigenvalue weighted by atomic mass is 10.0. The first-order chi connectivity index (χ1) is 7.81. The minimum absolute atomic E-state index is 0.0859. The van der Waals surface area contributed by atoms with Crippen molar-refractivity contribution in [2.45, 2.75) is 65.0 Å². The molecule has 0 aromatic rings. The molecule has 1 aliphatic rings. The highest BCUT2D eigenvalue weighted by atomic mass is 16.6. The lowest BCUT2D eigenvalue weighted by molar-refractivity contribution is -0.121. The predicted molar refractivity (Wildman–Crippen MR) is 65.8 cm³/mol. The predicted octanol–water partition coefficient (Wildman–Crippen LogP) is 2.66. The third-order valence-electron chi connectivity index (χ3n) is 2.69. The number of amides is 1. The second kappa shape index (κ2) is 5.52. The van der Waals surface area contributed by atoms with Gasteiger partial charge in [-0.05, 0) is 33.1 Å². The molecule has 1 rings (SSSR count). The Labute approximate surface area is 103 Å². The van der Waals surface area contributed by atoms with Gasteiger partial charge in [0.2, 0.25) is 0 Å². The van der Waals surface area contributed by atoms with Gasteiger partial charge < -0.3 is 10.1 Å². The Morgan fingerprint density at radius 1 is 1.35 bits per heavy atom. The van der Waals surface area contributed by atoms with Gasteiger partial charge in [0.05, 0.1) is 6.04 Å². The average molecular weight is 241 g/mol. The third-order valence-corrected chi connectivity index (χ3v) is 2.69. The molecule has 4 heteroatoms. The van der Waals surface area contributed by atoms with Gasteiger partial charge >= 0.3 is 6.09 Å². The lowest BCUT2D eigenvalue weighted by Gasteiger charge is -2.23. The Bertz CT molecular complexity index is 290. The number of carbonyl (C=O) groups is 2. The summed E-state index contributed by atoms with van der Waals surface area (Å²) in [6, 6.07) is -0.373. The second-order valence-electron chi connectivity index (χ2n) is 5.70. The van der Waals surface area contributed by atoms with Gasteiger partial charge in [-0.1, -0.05) is 19.8 Å². The van der Waals surface area contributed by atoms with E-state index in [1.54, 1.807) is 0 Å². The molecule has 1 saturated carbocycles. The number of rotatable bonds is 5. The monoisotopic (exact) mass is 241 g/mol. The van der Waals surface area contributed by atoms with Crippen molar-refractivity contribution in [2.24, 2.45) is 5.92 Å². The molecule has 17 heavy (non-hydrogen) atoms. The zero-order valence-corrected chi connectivity index (χ0v) is 11.2. The fourth-order valence-corrected chi connectivity index (χ4v) is 1.65. The van der Waals surface area contributed by atoms with E-state index in [2.05, 4.69) is 5.32 Å². The maximum absolute atomic E-state index is 11.7. The van der Waals surface area contributed by atoms with Gasteiger partial charge in [0.1, 0.15) is 5.60 Å². The number of hydrogen-bond acceptors (Lipinski definition) is 3. The Morgan fingerprint density at radius 3 is 2.35 bits per heavy atom. The maximum atomic E-state index is 11.7. The highest BCUT2D eigenvalue weighted by Crippen LogP contribution is 2.33. The van der Waals surface area contributed by atoms with E-state index in [0.717, 1.165) is 6.42 Å². The summed E-state index contributed by atoms with van der Waals surface area (Å²) in [6.07, 6.45) is 3.05. The van der Waals surface area contributed by atoms with E-state index < -0.39 is 11.7 Å². The van der Waals surface area contributed by atoms with Crippen LogP contribution in [0.5, 0.6) is 0 Å². The van der Waals surface area contributed by atoms with Crippen LogP contribution < -0.4 is 5.32 Å². The zero-order chi connectivity index (χ0) is 13.1. The first-order valence-electron chi connectivity index (χ1n) is 6.34. The molecule has 0 saturated heterocycles. The van der Waals surface area contributed by atoms with Crippen LogP contribution in [0.4, 0.5) is 4.79 Å². The van der Waals surface area contributed by atoms with Gasteiger partial charge in [0.25, 0.3) is 0 Å². The van der Waals surface area contributed by atoms with E-state index in [4.69, 9.17) is 4.74 Å². The summed E-state index contributed by atoms with van der Waals surface area (Å²) >= 11 is 0. The van der Waals surface area contributed by atoms with E-state index in [9.17, 15) is 9.59 Å². The smallest absolute Gasteiger partial charge is 0.408 e. The highest BCUT2D eigenvalue weighted by molar-refractivity contribution is 5.87. The number of nitrogens with one attached hydrogen (secondary N) is 1. The summed E-state index contributed by atoms with van der Waals surface area (Å²) in [5, 5.41) is 2.68. The molecular weight excluding hydrogens is 218 g/mol. The molecule has 0 aromatic carbocycles. The van der Waals surface area contributed by atoms with Crippen molar-refractivity contribution in [3.8, 4) is 0 Å². The van der Waals surface area contributed by atoms with Crippen molar-refractivity contribution in [3.63, 3.8) is 0 Å². The Kier molecular flexibility index (Phi) is 4.54. The van der Waals surface area contributed by atoms with E-state index in [1.807, 2.05) is 27.7 Å². The van der Waals surface area contributed by atoms with Crippen LogP contribution in [-0.4, -0.2) is 23.5 Å². The summed E-state index contributed by atoms with van der Waals surface area (Å²) in [5.41, 5.74) is -0.524. The Balaban J connectivity index is 2.46. The van der Waals surface area contributed by atoms with Gasteiger partial charge in [0.15, 0.2) is 5.78 Å². The van der Waals surface area contributed by atoms with E-state index in [1.165, 1.54) is 12.8 Å². The van der Waals surface area contributed by atoms with Crippen molar-refractivity contribution in [2.75, 3.05) is 0 Å². The molecule has 98 valence electrons. The summed E-state index contributed by atoms with van der Waals surface area (Å²) in [4.78, 5) is 23.3. The first-order valence-corrected chi connectivity index (χ1v) is 6.34. The number of Topliss-reactive ketones (excluding diaryl/α,β-unsaturated/α-hetero) is 1. The molecular formula is C13H23NO3. The topological polar surface area (TPSA) is 55.4 Å². The van der Waals surface area contributed by atoms with Gasteiger partial charge in [-0.2, -0.15) is 0 Å². The van der Waals surface area contributed by atoms with Gasteiger partial charge in [-0.3, -0.25) is 4.79 Å². The highest BCUT2D eigenvalue weighted by Gasteiger charge is 2.30. The number of hydrogen-bond donors (Lipinski definition) is 1. The standard InChI is InChI=1S/C13H23NO3/c1-5-11(15)10(8-9-6-7-9)14-12(16)17-13(2,3)4/h9-10H,5-8H2,1-4H3,(H,14,16). The number of alkyl carbamates (subject to hydrolysis) is 1. The van der Waals surface area contributed by atoms with Crippen LogP contribution in [0.25, 0.3) is 0 Å². The van der Waals surface area contributed by atoms with E-state index >= 15 is 0 Å². The van der Waals surface area contributed by atoms with E-state index in [-0.39, 0.29) is 11.8 Å². The minimum atomic E-state index is -0.524. The van der Waals surface area contributed by atoms with Crippen LogP contribution >= 0.6 is 0 Å². The van der Waals surface area contributed by atoms with Gasteiger partial charge in [-0.25, -0.2) is 4.79 Å². The molecule has 1 fully saturated rings. The molecule has 0 radical (unpaired) electrons. The van der Waals surface area contributed by atoms with Crippen molar-refractivity contribution >= 4 is 11.9 Å². The molecule has 0 spiro atoms. The third kappa shape index (κ3) is 5.71. The molecule has 1 N–H and O–H groups in total. The Morgan fingerprint density at radius 2 is 1.94 bits per heavy atom. The quantitative estimate of drug-likeness (QED) is 0.805. The molecule has 1 atom stereocenters. The molecule has 0 aromatic heterocycles. The fourth-order valence-electron chi connectivity index (χ4n) is 1.65. The zero-order valence-electron chi connectivity index (χ0n) is 11.2. The van der Waals surface area contributed by atoms with Crippen LogP contribution in [0.1, 0.15) is 53.4 Å². The SMILES string of the molecule is CCC(=O)C(CC1CC1)NC(=O)OC(C)(C)C. The molecule has 0 bridgehead atoms.